The summed E-state index contributed by atoms with van der Waals surface area (Å²) in [4.78, 5) is 4.29. The van der Waals surface area contributed by atoms with Crippen LogP contribution in [0.1, 0.15) is 37.8 Å². The molecule has 1 aliphatic rings. The third kappa shape index (κ3) is 10.5. The van der Waals surface area contributed by atoms with E-state index in [9.17, 15) is 0 Å². The maximum Gasteiger partial charge on any atom is 0.191 e. The quantitative estimate of drug-likeness (QED) is 0.202. The number of hydrogen-bond acceptors (Lipinski definition) is 4. The summed E-state index contributed by atoms with van der Waals surface area (Å²) in [5.74, 6) is 2.87. The Morgan fingerprint density at radius 3 is 2.79 bits per heavy atom. The fourth-order valence-corrected chi connectivity index (χ4v) is 2.93. The van der Waals surface area contributed by atoms with Crippen molar-refractivity contribution in [1.29, 1.82) is 0 Å². The molecule has 1 saturated heterocycles. The number of ether oxygens (including phenoxy) is 3. The molecule has 7 heteroatoms. The second-order valence-corrected chi connectivity index (χ2v) is 7.80. The average molecular weight is 519 g/mol. The Bertz CT molecular complexity index is 605. The van der Waals surface area contributed by atoms with Crippen LogP contribution in [0, 0.1) is 18.8 Å². The maximum absolute atomic E-state index is 6.11. The first-order valence-corrected chi connectivity index (χ1v) is 10.4. The van der Waals surface area contributed by atoms with E-state index < -0.39 is 0 Å². The molecule has 0 aliphatic carbocycles. The molecule has 1 aromatic rings. The number of benzene rings is 1. The minimum Gasteiger partial charge on any atom is -0.493 e. The summed E-state index contributed by atoms with van der Waals surface area (Å²) in [6.45, 7) is 11.7. The van der Waals surface area contributed by atoms with Crippen molar-refractivity contribution >= 4 is 29.9 Å². The Morgan fingerprint density at radius 1 is 1.28 bits per heavy atom. The normalized spacial score (nSPS) is 16.6. The van der Waals surface area contributed by atoms with E-state index >= 15 is 0 Å². The van der Waals surface area contributed by atoms with Crippen LogP contribution in [-0.4, -0.2) is 52.6 Å². The first-order valence-electron chi connectivity index (χ1n) is 10.4. The van der Waals surface area contributed by atoms with Crippen LogP contribution >= 0.6 is 24.0 Å². The summed E-state index contributed by atoms with van der Waals surface area (Å²) in [5.41, 5.74) is 2.32. The fraction of sp³-hybridized carbons (Fsp3) is 0.682. The summed E-state index contributed by atoms with van der Waals surface area (Å²) in [7, 11) is 1.78. The number of rotatable bonds is 11. The van der Waals surface area contributed by atoms with Crippen LogP contribution in [0.3, 0.4) is 0 Å². The molecular weight excluding hydrogens is 481 g/mol. The van der Waals surface area contributed by atoms with Crippen LogP contribution in [0.4, 0.5) is 0 Å². The number of guanidine groups is 1. The summed E-state index contributed by atoms with van der Waals surface area (Å²) in [5, 5.41) is 6.65. The van der Waals surface area contributed by atoms with Gasteiger partial charge in [-0.3, -0.25) is 4.99 Å². The lowest BCUT2D eigenvalue weighted by Gasteiger charge is -2.17. The molecule has 0 saturated carbocycles. The lowest BCUT2D eigenvalue weighted by molar-refractivity contribution is 0.128. The van der Waals surface area contributed by atoms with E-state index in [1.54, 1.807) is 7.05 Å². The Hall–Kier alpha value is -1.06. The Morgan fingerprint density at radius 2 is 2.10 bits per heavy atom. The minimum atomic E-state index is 0. The molecule has 1 atom stereocenters. The Kier molecular flexibility index (Phi) is 13.3. The van der Waals surface area contributed by atoms with Crippen molar-refractivity contribution in [3.63, 3.8) is 0 Å². The van der Waals surface area contributed by atoms with Gasteiger partial charge in [-0.15, -0.1) is 24.0 Å². The highest BCUT2D eigenvalue weighted by molar-refractivity contribution is 14.0. The molecule has 29 heavy (non-hydrogen) atoms. The molecule has 0 amide bonds. The molecule has 1 fully saturated rings. The van der Waals surface area contributed by atoms with Gasteiger partial charge in [-0.25, -0.2) is 0 Å². The van der Waals surface area contributed by atoms with Crippen LogP contribution in [-0.2, 0) is 16.0 Å². The van der Waals surface area contributed by atoms with Gasteiger partial charge in [-0.2, -0.15) is 0 Å². The molecule has 0 aromatic heterocycles. The number of hydrogen-bond donors (Lipinski definition) is 2. The van der Waals surface area contributed by atoms with E-state index in [1.165, 1.54) is 5.56 Å². The fourth-order valence-electron chi connectivity index (χ4n) is 2.93. The first kappa shape index (κ1) is 26.0. The molecule has 1 unspecified atom stereocenters. The average Bonchev–Trinajstić information content (AvgIpc) is 3.19. The van der Waals surface area contributed by atoms with Gasteiger partial charge < -0.3 is 24.8 Å². The van der Waals surface area contributed by atoms with E-state index in [0.29, 0.717) is 31.6 Å². The lowest BCUT2D eigenvalue weighted by atomic mass is 10.1. The predicted octanol–water partition coefficient (Wildman–Crippen LogP) is 3.76. The monoisotopic (exact) mass is 519 g/mol. The lowest BCUT2D eigenvalue weighted by Crippen LogP contribution is -2.38. The third-order valence-corrected chi connectivity index (χ3v) is 4.77. The minimum absolute atomic E-state index is 0. The van der Waals surface area contributed by atoms with Crippen molar-refractivity contribution in [1.82, 2.24) is 10.6 Å². The second kappa shape index (κ2) is 14.8. The summed E-state index contributed by atoms with van der Waals surface area (Å²) < 4.78 is 17.2. The Balaban J connectivity index is 0.00000420. The first-order chi connectivity index (χ1) is 13.6. The summed E-state index contributed by atoms with van der Waals surface area (Å²) >= 11 is 0. The Labute approximate surface area is 193 Å². The van der Waals surface area contributed by atoms with Gasteiger partial charge in [0.15, 0.2) is 5.96 Å². The van der Waals surface area contributed by atoms with Crippen LogP contribution in [0.25, 0.3) is 0 Å². The predicted molar refractivity (Wildman–Crippen MR) is 129 cm³/mol. The van der Waals surface area contributed by atoms with Gasteiger partial charge in [0.1, 0.15) is 5.75 Å². The van der Waals surface area contributed by atoms with E-state index in [-0.39, 0.29) is 24.0 Å². The molecule has 0 bridgehead atoms. The highest BCUT2D eigenvalue weighted by atomic mass is 127. The molecule has 6 nitrogen and oxygen atoms in total. The number of halogens is 1. The number of nitrogens with zero attached hydrogens (tertiary/aromatic N) is 1. The molecule has 1 heterocycles. The van der Waals surface area contributed by atoms with Crippen LogP contribution in [0.2, 0.25) is 0 Å². The van der Waals surface area contributed by atoms with E-state index in [0.717, 1.165) is 56.5 Å². The molecule has 0 spiro atoms. The van der Waals surface area contributed by atoms with Gasteiger partial charge in [0.2, 0.25) is 0 Å². The van der Waals surface area contributed by atoms with E-state index in [1.807, 2.05) is 0 Å². The molecule has 2 rings (SSSR count). The van der Waals surface area contributed by atoms with Crippen molar-refractivity contribution in [2.75, 3.05) is 46.6 Å². The van der Waals surface area contributed by atoms with Crippen molar-refractivity contribution in [2.24, 2.45) is 16.8 Å². The van der Waals surface area contributed by atoms with Gasteiger partial charge in [-0.05, 0) is 37.3 Å². The number of nitrogens with one attached hydrogen (secondary N) is 2. The topological polar surface area (TPSA) is 64.1 Å². The summed E-state index contributed by atoms with van der Waals surface area (Å²) in [6, 6.07) is 6.33. The zero-order valence-corrected chi connectivity index (χ0v) is 20.7. The smallest absolute Gasteiger partial charge is 0.191 e. The van der Waals surface area contributed by atoms with Crippen LogP contribution in [0.5, 0.6) is 5.75 Å². The second-order valence-electron chi connectivity index (χ2n) is 7.80. The molecular formula is C22H38IN3O3. The van der Waals surface area contributed by atoms with Gasteiger partial charge in [0.05, 0.1) is 19.8 Å². The number of aryl methyl sites for hydroxylation is 1. The molecule has 0 radical (unpaired) electrons. The van der Waals surface area contributed by atoms with Crippen molar-refractivity contribution in [3.8, 4) is 5.75 Å². The zero-order chi connectivity index (χ0) is 20.2. The van der Waals surface area contributed by atoms with Crippen LogP contribution in [0.15, 0.2) is 23.2 Å². The largest absolute Gasteiger partial charge is 0.493 e. The van der Waals surface area contributed by atoms with E-state index in [4.69, 9.17) is 14.2 Å². The molecule has 1 aliphatic heterocycles. The van der Waals surface area contributed by atoms with Gasteiger partial charge in [0.25, 0.3) is 0 Å². The number of aliphatic imine (C=N–C) groups is 1. The SMILES string of the molecule is CN=C(NCCOCCC(C)C)NCc1ccc(C)cc1OCC1CCOC1.I. The third-order valence-electron chi connectivity index (χ3n) is 4.77. The van der Waals surface area contributed by atoms with Crippen molar-refractivity contribution < 1.29 is 14.2 Å². The van der Waals surface area contributed by atoms with Gasteiger partial charge in [-0.1, -0.05) is 26.0 Å². The maximum atomic E-state index is 6.11. The molecule has 1 aromatic carbocycles. The van der Waals surface area contributed by atoms with Gasteiger partial charge >= 0.3 is 0 Å². The van der Waals surface area contributed by atoms with Crippen LogP contribution < -0.4 is 15.4 Å². The highest BCUT2D eigenvalue weighted by Gasteiger charge is 2.17. The molecule has 166 valence electrons. The highest BCUT2D eigenvalue weighted by Crippen LogP contribution is 2.22. The van der Waals surface area contributed by atoms with Crippen molar-refractivity contribution in [3.05, 3.63) is 29.3 Å². The van der Waals surface area contributed by atoms with Crippen molar-refractivity contribution in [2.45, 2.75) is 40.2 Å². The van der Waals surface area contributed by atoms with E-state index in [2.05, 4.69) is 54.6 Å². The summed E-state index contributed by atoms with van der Waals surface area (Å²) in [6.07, 6.45) is 2.17. The zero-order valence-electron chi connectivity index (χ0n) is 18.3. The van der Waals surface area contributed by atoms with Gasteiger partial charge in [0, 0.05) is 44.8 Å². The standard InChI is InChI=1S/C22H37N3O3.HI/c1-17(2)7-10-26-12-9-24-22(23-4)25-14-20-6-5-18(3)13-21(20)28-16-19-8-11-27-15-19;/h5-6,13,17,19H,7-12,14-16H2,1-4H3,(H2,23,24,25);1H. The molecule has 2 N–H and O–H groups in total.